The molecule has 24 heavy (non-hydrogen) atoms. The minimum absolute atomic E-state index is 0.0815. The lowest BCUT2D eigenvalue weighted by atomic mass is 10.3. The maximum absolute atomic E-state index is 12.7. The van der Waals surface area contributed by atoms with Gasteiger partial charge in [-0.05, 0) is 27.2 Å². The van der Waals surface area contributed by atoms with Crippen LogP contribution in [0.3, 0.4) is 0 Å². The molecule has 0 unspecified atom stereocenters. The van der Waals surface area contributed by atoms with Gasteiger partial charge in [0.25, 0.3) is 5.91 Å². The van der Waals surface area contributed by atoms with E-state index >= 15 is 0 Å². The van der Waals surface area contributed by atoms with Crippen LogP contribution in [0, 0.1) is 27.7 Å². The van der Waals surface area contributed by atoms with E-state index in [2.05, 4.69) is 19.9 Å². The molecule has 0 bridgehead atoms. The number of aryl methyl sites for hydroxylation is 4. The molecule has 128 valence electrons. The lowest BCUT2D eigenvalue weighted by molar-refractivity contribution is 0.0732. The van der Waals surface area contributed by atoms with Crippen molar-refractivity contribution in [2.75, 3.05) is 31.1 Å². The van der Waals surface area contributed by atoms with Gasteiger partial charge in [-0.15, -0.1) is 0 Å². The Morgan fingerprint density at radius 3 is 2.54 bits per heavy atom. The monoisotopic (exact) mass is 329 g/mol. The Bertz CT molecular complexity index is 755. The highest BCUT2D eigenvalue weighted by Gasteiger charge is 2.25. The summed E-state index contributed by atoms with van der Waals surface area (Å²) in [6, 6.07) is 0. The molecule has 0 atom stereocenters. The molecule has 0 saturated carbocycles. The van der Waals surface area contributed by atoms with Gasteiger partial charge in [0.1, 0.15) is 5.82 Å². The third-order valence-corrected chi connectivity index (χ3v) is 4.23. The predicted octanol–water partition coefficient (Wildman–Crippen LogP) is 2.05. The van der Waals surface area contributed by atoms with Crippen molar-refractivity contribution in [2.45, 2.75) is 34.1 Å². The predicted molar refractivity (Wildman–Crippen MR) is 90.2 cm³/mol. The van der Waals surface area contributed by atoms with E-state index in [1.807, 2.05) is 18.7 Å². The van der Waals surface area contributed by atoms with Gasteiger partial charge in [-0.2, -0.15) is 0 Å². The summed E-state index contributed by atoms with van der Waals surface area (Å²) in [7, 11) is 0. The second-order valence-corrected chi connectivity index (χ2v) is 6.20. The zero-order valence-corrected chi connectivity index (χ0v) is 14.7. The normalized spacial score (nSPS) is 15.5. The van der Waals surface area contributed by atoms with E-state index in [1.54, 1.807) is 20.0 Å². The number of amides is 1. The summed E-state index contributed by atoms with van der Waals surface area (Å²) in [6.07, 6.45) is 2.66. The first-order chi connectivity index (χ1) is 11.5. The molecule has 2 aromatic heterocycles. The number of oxazole rings is 1. The molecule has 0 N–H and O–H groups in total. The van der Waals surface area contributed by atoms with Crippen molar-refractivity contribution in [3.63, 3.8) is 0 Å². The first-order valence-electron chi connectivity index (χ1n) is 8.24. The fraction of sp³-hybridized carbons (Fsp3) is 0.529. The number of nitrogens with zero attached hydrogens (tertiary/aromatic N) is 5. The average Bonchev–Trinajstić information content (AvgIpc) is 2.75. The van der Waals surface area contributed by atoms with Gasteiger partial charge in [0.05, 0.1) is 17.1 Å². The zero-order chi connectivity index (χ0) is 17.3. The number of carbonyl (C=O) groups is 1. The van der Waals surface area contributed by atoms with Crippen LogP contribution in [-0.4, -0.2) is 51.9 Å². The summed E-state index contributed by atoms with van der Waals surface area (Å²) in [5, 5.41) is 0. The summed E-state index contributed by atoms with van der Waals surface area (Å²) in [5.74, 6) is 1.71. The first-order valence-corrected chi connectivity index (χ1v) is 8.24. The van der Waals surface area contributed by atoms with Crippen LogP contribution in [0.15, 0.2) is 10.6 Å². The van der Waals surface area contributed by atoms with Gasteiger partial charge in [0.15, 0.2) is 5.89 Å². The van der Waals surface area contributed by atoms with Gasteiger partial charge in [0.2, 0.25) is 5.76 Å². The van der Waals surface area contributed by atoms with Crippen molar-refractivity contribution >= 4 is 11.7 Å². The van der Waals surface area contributed by atoms with Crippen molar-refractivity contribution in [2.24, 2.45) is 0 Å². The smallest absolute Gasteiger partial charge is 0.291 e. The number of hydrogen-bond donors (Lipinski definition) is 0. The summed E-state index contributed by atoms with van der Waals surface area (Å²) in [5.41, 5.74) is 2.47. The lowest BCUT2D eigenvalue weighted by Gasteiger charge is -2.23. The summed E-state index contributed by atoms with van der Waals surface area (Å²) < 4.78 is 5.48. The van der Waals surface area contributed by atoms with Crippen LogP contribution in [-0.2, 0) is 0 Å². The van der Waals surface area contributed by atoms with Crippen molar-refractivity contribution in [3.05, 3.63) is 34.9 Å². The average molecular weight is 329 g/mol. The SMILES string of the molecule is Cc1cnc(C)c(N2CCCN(C(=O)c3oc(C)nc3C)CC2)n1. The molecular formula is C17H23N5O2. The van der Waals surface area contributed by atoms with Crippen molar-refractivity contribution in [1.82, 2.24) is 19.9 Å². The molecular weight excluding hydrogens is 306 g/mol. The Labute approximate surface area is 141 Å². The molecule has 0 aliphatic carbocycles. The van der Waals surface area contributed by atoms with Crippen LogP contribution >= 0.6 is 0 Å². The fourth-order valence-electron chi connectivity index (χ4n) is 3.03. The molecule has 1 saturated heterocycles. The van der Waals surface area contributed by atoms with Crippen LogP contribution in [0.4, 0.5) is 5.82 Å². The van der Waals surface area contributed by atoms with E-state index in [1.165, 1.54) is 0 Å². The Morgan fingerprint density at radius 2 is 1.83 bits per heavy atom. The Balaban J connectivity index is 1.74. The molecule has 7 nitrogen and oxygen atoms in total. The number of carbonyl (C=O) groups excluding carboxylic acids is 1. The van der Waals surface area contributed by atoms with Gasteiger partial charge >= 0.3 is 0 Å². The van der Waals surface area contributed by atoms with E-state index in [4.69, 9.17) is 4.42 Å². The highest BCUT2D eigenvalue weighted by molar-refractivity contribution is 5.92. The Hall–Kier alpha value is -2.44. The van der Waals surface area contributed by atoms with E-state index in [9.17, 15) is 4.79 Å². The largest absolute Gasteiger partial charge is 0.436 e. The molecule has 0 spiro atoms. The van der Waals surface area contributed by atoms with Gasteiger partial charge in [0, 0.05) is 39.3 Å². The quantitative estimate of drug-likeness (QED) is 0.839. The summed E-state index contributed by atoms with van der Waals surface area (Å²) in [4.78, 5) is 29.9. The lowest BCUT2D eigenvalue weighted by Crippen LogP contribution is -2.35. The highest BCUT2D eigenvalue weighted by Crippen LogP contribution is 2.19. The van der Waals surface area contributed by atoms with E-state index in [0.717, 1.165) is 36.7 Å². The van der Waals surface area contributed by atoms with Crippen molar-refractivity contribution in [3.8, 4) is 0 Å². The molecule has 1 aliphatic rings. The minimum atomic E-state index is -0.0815. The molecule has 0 aromatic carbocycles. The van der Waals surface area contributed by atoms with Gasteiger partial charge < -0.3 is 14.2 Å². The second-order valence-electron chi connectivity index (χ2n) is 6.20. The maximum atomic E-state index is 12.7. The van der Waals surface area contributed by atoms with Crippen molar-refractivity contribution in [1.29, 1.82) is 0 Å². The number of anilines is 1. The summed E-state index contributed by atoms with van der Waals surface area (Å²) in [6.45, 7) is 10.4. The number of hydrogen-bond acceptors (Lipinski definition) is 6. The van der Waals surface area contributed by atoms with Gasteiger partial charge in [-0.1, -0.05) is 0 Å². The molecule has 1 amide bonds. The topological polar surface area (TPSA) is 75.4 Å². The Morgan fingerprint density at radius 1 is 1.04 bits per heavy atom. The molecule has 3 rings (SSSR count). The second kappa shape index (κ2) is 6.59. The molecule has 7 heteroatoms. The minimum Gasteiger partial charge on any atom is -0.436 e. The Kier molecular flexibility index (Phi) is 4.51. The van der Waals surface area contributed by atoms with Crippen LogP contribution < -0.4 is 4.90 Å². The molecule has 0 radical (unpaired) electrons. The zero-order valence-electron chi connectivity index (χ0n) is 14.7. The van der Waals surface area contributed by atoms with Gasteiger partial charge in [-0.3, -0.25) is 9.78 Å². The fourth-order valence-corrected chi connectivity index (χ4v) is 3.03. The van der Waals surface area contributed by atoms with E-state index in [-0.39, 0.29) is 5.91 Å². The molecule has 2 aromatic rings. The maximum Gasteiger partial charge on any atom is 0.291 e. The third-order valence-electron chi connectivity index (χ3n) is 4.23. The first kappa shape index (κ1) is 16.4. The van der Waals surface area contributed by atoms with E-state index < -0.39 is 0 Å². The van der Waals surface area contributed by atoms with Crippen molar-refractivity contribution < 1.29 is 9.21 Å². The summed E-state index contributed by atoms with van der Waals surface area (Å²) >= 11 is 0. The number of rotatable bonds is 2. The molecule has 1 fully saturated rings. The highest BCUT2D eigenvalue weighted by atomic mass is 16.4. The van der Waals surface area contributed by atoms with E-state index in [0.29, 0.717) is 30.4 Å². The molecule has 1 aliphatic heterocycles. The van der Waals surface area contributed by atoms with Crippen LogP contribution in [0.2, 0.25) is 0 Å². The third kappa shape index (κ3) is 3.25. The standard InChI is InChI=1S/C17H23N5O2/c1-11-10-18-13(3)16(19-11)21-6-5-7-22(9-8-21)17(23)15-12(2)20-14(4)24-15/h10H,5-9H2,1-4H3. The molecule has 3 heterocycles. The van der Waals surface area contributed by atoms with Crippen LogP contribution in [0.25, 0.3) is 0 Å². The van der Waals surface area contributed by atoms with Gasteiger partial charge in [-0.25, -0.2) is 9.97 Å². The van der Waals surface area contributed by atoms with Crippen LogP contribution in [0.1, 0.15) is 39.9 Å². The van der Waals surface area contributed by atoms with Crippen LogP contribution in [0.5, 0.6) is 0 Å². The number of aromatic nitrogens is 3.